The van der Waals surface area contributed by atoms with Crippen LogP contribution < -0.4 is 26.8 Å². The van der Waals surface area contributed by atoms with Gasteiger partial charge in [-0.15, -0.1) is 0 Å². The number of aliphatic hydroxyl groups excluding tert-OH is 1. The van der Waals surface area contributed by atoms with Gasteiger partial charge in [0.15, 0.2) is 18.3 Å². The third-order valence-electron chi connectivity index (χ3n) is 6.52. The van der Waals surface area contributed by atoms with Crippen molar-refractivity contribution in [3.63, 3.8) is 0 Å². The van der Waals surface area contributed by atoms with Crippen LogP contribution in [-0.2, 0) is 6.54 Å². The first-order chi connectivity index (χ1) is 18.3. The van der Waals surface area contributed by atoms with Crippen molar-refractivity contribution in [3.05, 3.63) is 29.8 Å². The summed E-state index contributed by atoms with van der Waals surface area (Å²) in [6, 6.07) is 7.52. The quantitative estimate of drug-likeness (QED) is 0.271. The molecule has 0 aliphatic carbocycles. The minimum Gasteiger partial charge on any atom is -0.493 e. The van der Waals surface area contributed by atoms with Crippen molar-refractivity contribution in [2.45, 2.75) is 72.7 Å². The highest BCUT2D eigenvalue weighted by Crippen LogP contribution is 2.35. The lowest BCUT2D eigenvalue weighted by atomic mass is 9.74. The molecule has 0 saturated heterocycles. The summed E-state index contributed by atoms with van der Waals surface area (Å²) in [5.41, 5.74) is 12.7. The second-order valence-corrected chi connectivity index (χ2v) is 12.1. The van der Waals surface area contributed by atoms with Crippen molar-refractivity contribution < 1.29 is 14.6 Å². The summed E-state index contributed by atoms with van der Waals surface area (Å²) in [7, 11) is 3.29. The summed E-state index contributed by atoms with van der Waals surface area (Å²) in [5.74, 6) is 1.11. The Hall–Kier alpha value is -3.05. The molecule has 1 unspecified atom stereocenters. The first-order valence-electron chi connectivity index (χ1n) is 13.8. The molecule has 0 saturated carbocycles. The van der Waals surface area contributed by atoms with Crippen LogP contribution in [0.5, 0.6) is 5.75 Å². The molecule has 1 aliphatic rings. The molecular weight excluding hydrogens is 496 g/mol. The lowest BCUT2D eigenvalue weighted by Gasteiger charge is -2.39. The Morgan fingerprint density at radius 1 is 1.21 bits per heavy atom. The van der Waals surface area contributed by atoms with E-state index in [-0.39, 0.29) is 28.8 Å². The van der Waals surface area contributed by atoms with Gasteiger partial charge in [-0.1, -0.05) is 58.7 Å². The molecule has 220 valence electrons. The third kappa shape index (κ3) is 12.1. The summed E-state index contributed by atoms with van der Waals surface area (Å²) in [5, 5.41) is 16.7. The number of amides is 2. The van der Waals surface area contributed by atoms with E-state index in [4.69, 9.17) is 16.2 Å². The zero-order valence-electron chi connectivity index (χ0n) is 24.7. The van der Waals surface area contributed by atoms with E-state index in [9.17, 15) is 9.90 Å². The van der Waals surface area contributed by atoms with Crippen LogP contribution in [0.1, 0.15) is 65.4 Å². The minimum atomic E-state index is -0.970. The fourth-order valence-corrected chi connectivity index (χ4v) is 4.97. The van der Waals surface area contributed by atoms with Crippen LogP contribution >= 0.6 is 0 Å². The van der Waals surface area contributed by atoms with Gasteiger partial charge >= 0.3 is 6.03 Å². The van der Waals surface area contributed by atoms with Gasteiger partial charge in [0, 0.05) is 39.3 Å². The van der Waals surface area contributed by atoms with E-state index in [2.05, 4.69) is 48.3 Å². The van der Waals surface area contributed by atoms with E-state index in [1.165, 1.54) is 4.90 Å². The zero-order chi connectivity index (χ0) is 29.1. The van der Waals surface area contributed by atoms with Crippen LogP contribution in [0.2, 0.25) is 0 Å². The van der Waals surface area contributed by atoms with Crippen molar-refractivity contribution in [2.24, 2.45) is 32.3 Å². The molecule has 11 heteroatoms. The number of hydrogen-bond acceptors (Lipinski definition) is 8. The topological polar surface area (TPSA) is 154 Å². The van der Waals surface area contributed by atoms with Gasteiger partial charge in [-0.2, -0.15) is 0 Å². The first-order valence-corrected chi connectivity index (χ1v) is 13.8. The number of nitrogens with one attached hydrogen (secondary N) is 2. The number of aliphatic hydroxyl groups is 1. The summed E-state index contributed by atoms with van der Waals surface area (Å²) < 4.78 is 5.99. The number of carbonyl (C=O) groups is 1. The second-order valence-electron chi connectivity index (χ2n) is 12.1. The predicted octanol–water partition coefficient (Wildman–Crippen LogP) is 2.65. The van der Waals surface area contributed by atoms with Crippen molar-refractivity contribution in [2.75, 3.05) is 40.3 Å². The molecule has 39 heavy (non-hydrogen) atoms. The number of guanidine groups is 2. The van der Waals surface area contributed by atoms with Gasteiger partial charge in [-0.25, -0.2) is 9.79 Å². The summed E-state index contributed by atoms with van der Waals surface area (Å²) in [6.07, 6.45) is 3.85. The largest absolute Gasteiger partial charge is 0.493 e. The monoisotopic (exact) mass is 546 g/mol. The van der Waals surface area contributed by atoms with Gasteiger partial charge in [0.25, 0.3) is 0 Å². The number of carbonyl (C=O) groups excluding carboxylic acids is 1. The van der Waals surface area contributed by atoms with Crippen molar-refractivity contribution in [1.82, 2.24) is 20.4 Å². The number of nitrogens with two attached hydrogens (primary N) is 2. The number of fused-ring (bicyclic) bond motifs is 1. The maximum Gasteiger partial charge on any atom is 0.323 e. The van der Waals surface area contributed by atoms with E-state index >= 15 is 0 Å². The maximum absolute atomic E-state index is 11.8. The Balaban J connectivity index is 2.08. The van der Waals surface area contributed by atoms with Crippen LogP contribution in [0, 0.1) is 10.8 Å². The highest BCUT2D eigenvalue weighted by atomic mass is 16.5. The molecule has 1 heterocycles. The Bertz CT molecular complexity index is 977. The van der Waals surface area contributed by atoms with Crippen molar-refractivity contribution in [1.29, 1.82) is 0 Å². The standard InChI is InChI=1S/C28H50N8O3/c1-27(2,19-32-24(30)33-25(37)35(5)6)18-28(3,4)20-36-15-11-7-8-12-16-39-22-14-10-9-13-21(22)17-31-23(29)34-26(36)38/h9-10,13-14,26,38H,7-8,11-12,15-20H2,1-6H3,(H3,29,31,34)(H3,30,32,33,37). The number of benzene rings is 1. The van der Waals surface area contributed by atoms with E-state index < -0.39 is 6.35 Å². The van der Waals surface area contributed by atoms with Gasteiger partial charge in [0.1, 0.15) is 5.75 Å². The molecule has 0 spiro atoms. The highest BCUT2D eigenvalue weighted by Gasteiger charge is 2.32. The lowest BCUT2D eigenvalue weighted by Crippen LogP contribution is -2.53. The van der Waals surface area contributed by atoms with E-state index in [1.54, 1.807) is 14.1 Å². The predicted molar refractivity (Wildman–Crippen MR) is 157 cm³/mol. The van der Waals surface area contributed by atoms with Crippen LogP contribution in [-0.4, -0.2) is 79.5 Å². The number of aliphatic imine (C=N–C) groups is 2. The average Bonchev–Trinajstić information content (AvgIpc) is 2.84. The van der Waals surface area contributed by atoms with E-state index in [1.807, 2.05) is 29.2 Å². The number of para-hydroxylation sites is 1. The summed E-state index contributed by atoms with van der Waals surface area (Å²) in [6.45, 7) is 11.5. The molecule has 0 fully saturated rings. The molecule has 11 nitrogen and oxygen atoms in total. The Labute approximate surface area is 234 Å². The summed E-state index contributed by atoms with van der Waals surface area (Å²) >= 11 is 0. The molecule has 1 atom stereocenters. The Morgan fingerprint density at radius 2 is 1.90 bits per heavy atom. The summed E-state index contributed by atoms with van der Waals surface area (Å²) in [4.78, 5) is 24.1. The maximum atomic E-state index is 11.8. The SMILES string of the molecule is CN(C)C(=O)NC(N)=NCC(C)(C)CC(C)(C)CN1CCCCCCOc2ccccc2CN=C(N)NC1O. The Morgan fingerprint density at radius 3 is 2.62 bits per heavy atom. The second kappa shape index (κ2) is 14.9. The first kappa shape index (κ1) is 32.2. The smallest absolute Gasteiger partial charge is 0.323 e. The van der Waals surface area contributed by atoms with E-state index in [0.717, 1.165) is 43.4 Å². The third-order valence-corrected chi connectivity index (χ3v) is 6.52. The van der Waals surface area contributed by atoms with E-state index in [0.29, 0.717) is 32.8 Å². The van der Waals surface area contributed by atoms with Gasteiger partial charge in [-0.3, -0.25) is 15.2 Å². The molecule has 1 aromatic rings. The van der Waals surface area contributed by atoms with Crippen LogP contribution in [0.15, 0.2) is 34.3 Å². The molecule has 0 bridgehead atoms. The fraction of sp³-hybridized carbons (Fsp3) is 0.679. The van der Waals surface area contributed by atoms with Gasteiger partial charge in [0.2, 0.25) is 0 Å². The van der Waals surface area contributed by atoms with Gasteiger partial charge in [-0.05, 0) is 36.2 Å². The molecular formula is C28H50N8O3. The minimum absolute atomic E-state index is 0.104. The normalized spacial score (nSPS) is 18.9. The molecule has 7 N–H and O–H groups in total. The van der Waals surface area contributed by atoms with Crippen molar-refractivity contribution >= 4 is 18.0 Å². The average molecular weight is 547 g/mol. The molecule has 1 aliphatic heterocycles. The number of rotatable bonds is 6. The Kier molecular flexibility index (Phi) is 12.3. The van der Waals surface area contributed by atoms with Gasteiger partial charge < -0.3 is 31.5 Å². The fourth-order valence-electron chi connectivity index (χ4n) is 4.97. The molecule has 0 aromatic heterocycles. The number of ether oxygens (including phenoxy) is 1. The number of hydrogen-bond donors (Lipinski definition) is 5. The number of urea groups is 1. The van der Waals surface area contributed by atoms with Crippen LogP contribution in [0.4, 0.5) is 4.79 Å². The lowest BCUT2D eigenvalue weighted by molar-refractivity contribution is -0.0349. The molecule has 0 radical (unpaired) electrons. The zero-order valence-corrected chi connectivity index (χ0v) is 24.7. The number of nitrogens with zero attached hydrogens (tertiary/aromatic N) is 4. The van der Waals surface area contributed by atoms with Crippen molar-refractivity contribution in [3.8, 4) is 5.75 Å². The molecule has 2 rings (SSSR count). The van der Waals surface area contributed by atoms with Crippen LogP contribution in [0.3, 0.4) is 0 Å². The van der Waals surface area contributed by atoms with Gasteiger partial charge in [0.05, 0.1) is 13.2 Å². The molecule has 2 amide bonds. The highest BCUT2D eigenvalue weighted by molar-refractivity contribution is 5.95. The molecule has 1 aromatic carbocycles. The van der Waals surface area contributed by atoms with Crippen LogP contribution in [0.25, 0.3) is 0 Å².